The molecule has 0 saturated carbocycles. The quantitative estimate of drug-likeness (QED) is 0.379. The molecule has 1 heterocycles. The van der Waals surface area contributed by atoms with Gasteiger partial charge in [-0.15, -0.1) is 0 Å². The molecule has 0 aliphatic rings. The largest absolute Gasteiger partial charge is 0.276 e. The molecule has 6 nitrogen and oxygen atoms in total. The van der Waals surface area contributed by atoms with E-state index < -0.39 is 10.0 Å². The molecule has 3 aromatic carbocycles. The van der Waals surface area contributed by atoms with Crippen LogP contribution in [0.3, 0.4) is 0 Å². The van der Waals surface area contributed by atoms with Crippen LogP contribution in [-0.4, -0.2) is 24.4 Å². The summed E-state index contributed by atoms with van der Waals surface area (Å²) in [7, 11) is -3.78. The highest BCUT2D eigenvalue weighted by molar-refractivity contribution is 7.89. The van der Waals surface area contributed by atoms with Crippen LogP contribution >= 0.6 is 0 Å². The molecular formula is C22H17FN4O2S. The molecule has 8 heteroatoms. The predicted octanol–water partition coefficient (Wildman–Crippen LogP) is 3.99. The molecule has 0 amide bonds. The molecule has 1 N–H and O–H groups in total. The summed E-state index contributed by atoms with van der Waals surface area (Å²) in [5.41, 5.74) is 2.62. The molecule has 0 aliphatic carbocycles. The van der Waals surface area contributed by atoms with Crippen LogP contribution in [-0.2, 0) is 10.0 Å². The predicted molar refractivity (Wildman–Crippen MR) is 113 cm³/mol. The van der Waals surface area contributed by atoms with Crippen LogP contribution in [0.1, 0.15) is 5.56 Å². The Balaban J connectivity index is 1.68. The molecule has 0 saturated heterocycles. The summed E-state index contributed by atoms with van der Waals surface area (Å²) in [5.74, 6) is -0.355. The molecule has 0 atom stereocenters. The van der Waals surface area contributed by atoms with Gasteiger partial charge >= 0.3 is 0 Å². The number of hydrogen-bond donors (Lipinski definition) is 1. The van der Waals surface area contributed by atoms with Crippen LogP contribution in [0.4, 0.5) is 4.39 Å². The van der Waals surface area contributed by atoms with E-state index in [4.69, 9.17) is 0 Å². The van der Waals surface area contributed by atoms with Crippen molar-refractivity contribution in [3.05, 3.63) is 103 Å². The van der Waals surface area contributed by atoms with E-state index in [1.54, 1.807) is 41.2 Å². The van der Waals surface area contributed by atoms with Gasteiger partial charge in [0.05, 0.1) is 16.8 Å². The number of hydrogen-bond acceptors (Lipinski definition) is 4. The van der Waals surface area contributed by atoms with Gasteiger partial charge < -0.3 is 0 Å². The van der Waals surface area contributed by atoms with Gasteiger partial charge in [0.25, 0.3) is 10.0 Å². The minimum absolute atomic E-state index is 0.112. The van der Waals surface area contributed by atoms with Crippen LogP contribution in [0.5, 0.6) is 0 Å². The van der Waals surface area contributed by atoms with Gasteiger partial charge in [-0.2, -0.15) is 18.6 Å². The first-order chi connectivity index (χ1) is 14.5. The second-order valence-electron chi connectivity index (χ2n) is 6.39. The SMILES string of the molecule is O=S(=O)(NN=Cc1cn(-c2ccccc2)nc1-c1ccc(F)cc1)c1ccccc1. The second kappa shape index (κ2) is 8.30. The fourth-order valence-electron chi connectivity index (χ4n) is 2.84. The number of hydrazone groups is 1. The van der Waals surface area contributed by atoms with Gasteiger partial charge in [0.15, 0.2) is 0 Å². The fourth-order valence-corrected chi connectivity index (χ4v) is 3.66. The van der Waals surface area contributed by atoms with Gasteiger partial charge in [0, 0.05) is 17.3 Å². The maximum atomic E-state index is 13.3. The summed E-state index contributed by atoms with van der Waals surface area (Å²) < 4.78 is 39.7. The fraction of sp³-hybridized carbons (Fsp3) is 0. The number of nitrogens with zero attached hydrogens (tertiary/aromatic N) is 3. The lowest BCUT2D eigenvalue weighted by atomic mass is 10.1. The summed E-state index contributed by atoms with van der Waals surface area (Å²) in [6.45, 7) is 0. The summed E-state index contributed by atoms with van der Waals surface area (Å²) in [5, 5.41) is 8.49. The zero-order valence-corrected chi connectivity index (χ0v) is 16.5. The Kier molecular flexibility index (Phi) is 5.40. The first kappa shape index (κ1) is 19.5. The Labute approximate surface area is 173 Å². The number of nitrogens with one attached hydrogen (secondary N) is 1. The number of aromatic nitrogens is 2. The Bertz CT molecular complexity index is 1270. The van der Waals surface area contributed by atoms with Crippen molar-refractivity contribution in [3.63, 3.8) is 0 Å². The molecule has 4 rings (SSSR count). The van der Waals surface area contributed by atoms with Gasteiger partial charge in [0.1, 0.15) is 11.5 Å². The molecule has 0 aliphatic heterocycles. The summed E-state index contributed by atoms with van der Waals surface area (Å²) >= 11 is 0. The Morgan fingerprint density at radius 3 is 2.20 bits per heavy atom. The van der Waals surface area contributed by atoms with E-state index in [1.807, 2.05) is 30.3 Å². The normalized spacial score (nSPS) is 11.6. The van der Waals surface area contributed by atoms with E-state index in [0.717, 1.165) is 5.69 Å². The van der Waals surface area contributed by atoms with E-state index in [2.05, 4.69) is 15.0 Å². The summed E-state index contributed by atoms with van der Waals surface area (Å²) in [6, 6.07) is 23.3. The van der Waals surface area contributed by atoms with Crippen LogP contribution in [0.25, 0.3) is 16.9 Å². The number of rotatable bonds is 6. The third kappa shape index (κ3) is 4.28. The van der Waals surface area contributed by atoms with Crippen LogP contribution < -0.4 is 4.83 Å². The molecule has 1 aromatic heterocycles. The third-order valence-electron chi connectivity index (χ3n) is 4.31. The van der Waals surface area contributed by atoms with E-state index in [0.29, 0.717) is 16.8 Å². The van der Waals surface area contributed by atoms with Crippen molar-refractivity contribution >= 4 is 16.2 Å². The maximum absolute atomic E-state index is 13.3. The van der Waals surface area contributed by atoms with Crippen LogP contribution in [0.2, 0.25) is 0 Å². The Morgan fingerprint density at radius 2 is 1.53 bits per heavy atom. The molecule has 4 aromatic rings. The smallest absolute Gasteiger partial charge is 0.240 e. The maximum Gasteiger partial charge on any atom is 0.276 e. The lowest BCUT2D eigenvalue weighted by molar-refractivity contribution is 0.584. The molecule has 0 spiro atoms. The van der Waals surface area contributed by atoms with Gasteiger partial charge in [-0.1, -0.05) is 36.4 Å². The highest BCUT2D eigenvalue weighted by Crippen LogP contribution is 2.23. The highest BCUT2D eigenvalue weighted by atomic mass is 32.2. The van der Waals surface area contributed by atoms with E-state index in [-0.39, 0.29) is 10.7 Å². The first-order valence-electron chi connectivity index (χ1n) is 9.04. The molecule has 0 unspecified atom stereocenters. The van der Waals surface area contributed by atoms with Crippen molar-refractivity contribution in [3.8, 4) is 16.9 Å². The average molecular weight is 420 g/mol. The number of benzene rings is 3. The lowest BCUT2D eigenvalue weighted by Crippen LogP contribution is -2.18. The van der Waals surface area contributed by atoms with Crippen molar-refractivity contribution in [1.82, 2.24) is 14.6 Å². The Hall–Kier alpha value is -3.78. The van der Waals surface area contributed by atoms with Crippen LogP contribution in [0, 0.1) is 5.82 Å². The standard InChI is InChI=1S/C22H17FN4O2S/c23-19-13-11-17(12-14-19)22-18(16-27(25-22)20-7-3-1-4-8-20)15-24-26-30(28,29)21-9-5-2-6-10-21/h1-16,26H. The average Bonchev–Trinajstić information content (AvgIpc) is 3.19. The third-order valence-corrected chi connectivity index (χ3v) is 5.55. The van der Waals surface area contributed by atoms with Crippen molar-refractivity contribution < 1.29 is 12.8 Å². The van der Waals surface area contributed by atoms with E-state index in [1.165, 1.54) is 30.5 Å². The number of halogens is 1. The minimum atomic E-state index is -3.78. The summed E-state index contributed by atoms with van der Waals surface area (Å²) in [4.78, 5) is 2.32. The number of para-hydroxylation sites is 1. The molecule has 30 heavy (non-hydrogen) atoms. The second-order valence-corrected chi connectivity index (χ2v) is 8.05. The summed E-state index contributed by atoms with van der Waals surface area (Å²) in [6.07, 6.45) is 3.11. The zero-order chi connectivity index (χ0) is 21.0. The van der Waals surface area contributed by atoms with Crippen molar-refractivity contribution in [2.45, 2.75) is 4.90 Å². The van der Waals surface area contributed by atoms with E-state index in [9.17, 15) is 12.8 Å². The molecular weight excluding hydrogens is 403 g/mol. The van der Waals surface area contributed by atoms with Gasteiger partial charge in [-0.25, -0.2) is 13.9 Å². The lowest BCUT2D eigenvalue weighted by Gasteiger charge is -2.02. The highest BCUT2D eigenvalue weighted by Gasteiger charge is 2.13. The van der Waals surface area contributed by atoms with Crippen molar-refractivity contribution in [2.75, 3.05) is 0 Å². The Morgan fingerprint density at radius 1 is 0.900 bits per heavy atom. The molecule has 0 bridgehead atoms. The topological polar surface area (TPSA) is 76.3 Å². The van der Waals surface area contributed by atoms with Crippen molar-refractivity contribution in [1.29, 1.82) is 0 Å². The van der Waals surface area contributed by atoms with Gasteiger partial charge in [-0.3, -0.25) is 0 Å². The van der Waals surface area contributed by atoms with Gasteiger partial charge in [0.2, 0.25) is 0 Å². The van der Waals surface area contributed by atoms with Gasteiger partial charge in [-0.05, 0) is 48.5 Å². The van der Waals surface area contributed by atoms with Crippen LogP contribution in [0.15, 0.2) is 101 Å². The molecule has 150 valence electrons. The molecule has 0 fully saturated rings. The molecule has 0 radical (unpaired) electrons. The monoisotopic (exact) mass is 420 g/mol. The zero-order valence-electron chi connectivity index (χ0n) is 15.7. The first-order valence-corrected chi connectivity index (χ1v) is 10.5. The van der Waals surface area contributed by atoms with E-state index >= 15 is 0 Å². The number of sulfonamides is 1. The van der Waals surface area contributed by atoms with Crippen molar-refractivity contribution in [2.24, 2.45) is 5.10 Å². The minimum Gasteiger partial charge on any atom is -0.240 e.